The van der Waals surface area contributed by atoms with Crippen molar-refractivity contribution in [1.82, 2.24) is 9.78 Å². The maximum Gasteiger partial charge on any atom is 0.337 e. The van der Waals surface area contributed by atoms with Crippen molar-refractivity contribution >= 4 is 27.5 Å². The highest BCUT2D eigenvalue weighted by Crippen LogP contribution is 2.26. The van der Waals surface area contributed by atoms with Crippen molar-refractivity contribution in [3.8, 4) is 5.69 Å². The zero-order valence-electron chi connectivity index (χ0n) is 14.4. The fraction of sp³-hybridized carbons (Fsp3) is 0.0588. The zero-order chi connectivity index (χ0) is 20.5. The number of aryl methyl sites for hydroxylation is 1. The predicted octanol–water partition coefficient (Wildman–Crippen LogP) is 2.83. The van der Waals surface area contributed by atoms with Crippen LogP contribution in [0, 0.1) is 6.92 Å². The molecule has 0 aliphatic carbocycles. The van der Waals surface area contributed by atoms with Crippen molar-refractivity contribution in [3.63, 3.8) is 0 Å². The summed E-state index contributed by atoms with van der Waals surface area (Å²) in [5.74, 6) is -1.37. The summed E-state index contributed by atoms with van der Waals surface area (Å²) in [5.41, 5.74) is -0.314. The number of carbonyl (C=O) groups is 1. The van der Waals surface area contributed by atoms with E-state index in [2.05, 4.69) is 15.3 Å². The number of hydrogen-bond donors (Lipinski definition) is 3. The molecule has 10 nitrogen and oxygen atoms in total. The van der Waals surface area contributed by atoms with Gasteiger partial charge < -0.3 is 5.11 Å². The van der Waals surface area contributed by atoms with E-state index in [1.54, 1.807) is 37.3 Å². The van der Waals surface area contributed by atoms with Gasteiger partial charge in [-0.15, -0.1) is 10.2 Å². The van der Waals surface area contributed by atoms with Gasteiger partial charge in [0.25, 0.3) is 15.7 Å². The Labute approximate surface area is 158 Å². The van der Waals surface area contributed by atoms with Crippen LogP contribution in [0.5, 0.6) is 0 Å². The number of nitrogens with zero attached hydrogens (tertiary/aromatic N) is 3. The van der Waals surface area contributed by atoms with Crippen molar-refractivity contribution in [1.29, 1.82) is 0 Å². The highest BCUT2D eigenvalue weighted by molar-refractivity contribution is 7.85. The molecule has 11 heteroatoms. The highest BCUT2D eigenvalue weighted by atomic mass is 32.2. The van der Waals surface area contributed by atoms with Crippen LogP contribution in [0.3, 0.4) is 0 Å². The molecule has 3 N–H and O–H groups in total. The Hall–Kier alpha value is -3.57. The number of aromatic carboxylic acids is 1. The maximum absolute atomic E-state index is 12.6. The number of nitrogens with one attached hydrogen (secondary N) is 1. The minimum atomic E-state index is -4.57. The molecule has 0 saturated carbocycles. The first-order chi connectivity index (χ1) is 13.2. The molecule has 0 aliphatic heterocycles. The lowest BCUT2D eigenvalue weighted by Gasteiger charge is -2.02. The number of rotatable bonds is 5. The van der Waals surface area contributed by atoms with E-state index in [-0.39, 0.29) is 16.9 Å². The molecule has 0 spiro atoms. The van der Waals surface area contributed by atoms with E-state index in [0.717, 1.165) is 18.2 Å². The molecule has 0 radical (unpaired) electrons. The predicted molar refractivity (Wildman–Crippen MR) is 98.5 cm³/mol. The molecular weight excluding hydrogens is 388 g/mol. The molecule has 0 fully saturated rings. The molecule has 2 aromatic carbocycles. The Kier molecular flexibility index (Phi) is 4.94. The summed E-state index contributed by atoms with van der Waals surface area (Å²) >= 11 is 0. The lowest BCUT2D eigenvalue weighted by molar-refractivity contribution is 0.0697. The van der Waals surface area contributed by atoms with Crippen LogP contribution in [0.1, 0.15) is 16.1 Å². The molecule has 144 valence electrons. The van der Waals surface area contributed by atoms with E-state index in [1.807, 2.05) is 0 Å². The molecule has 3 rings (SSSR count). The van der Waals surface area contributed by atoms with Gasteiger partial charge in [-0.1, -0.05) is 18.2 Å². The normalized spacial score (nSPS) is 11.8. The van der Waals surface area contributed by atoms with Gasteiger partial charge in [-0.05, 0) is 37.3 Å². The Morgan fingerprint density at radius 1 is 1.11 bits per heavy atom. The average molecular weight is 402 g/mol. The van der Waals surface area contributed by atoms with Crippen molar-refractivity contribution in [2.45, 2.75) is 11.8 Å². The third-order valence-electron chi connectivity index (χ3n) is 3.81. The van der Waals surface area contributed by atoms with Crippen LogP contribution in [0.15, 0.2) is 68.4 Å². The number of azo groups is 1. The first kappa shape index (κ1) is 19.2. The second-order valence-corrected chi connectivity index (χ2v) is 7.14. The second kappa shape index (κ2) is 7.21. The van der Waals surface area contributed by atoms with Crippen LogP contribution in [0.4, 0.5) is 11.4 Å². The molecule has 0 aliphatic rings. The number of carboxylic acid groups (broad SMARTS) is 1. The molecule has 0 amide bonds. The Morgan fingerprint density at radius 3 is 2.39 bits per heavy atom. The molecule has 28 heavy (non-hydrogen) atoms. The Bertz CT molecular complexity index is 1240. The number of benzene rings is 2. The third kappa shape index (κ3) is 3.75. The maximum atomic E-state index is 12.6. The van der Waals surface area contributed by atoms with Gasteiger partial charge in [0, 0.05) is 0 Å². The fourth-order valence-corrected chi connectivity index (χ4v) is 2.95. The molecule has 0 saturated heterocycles. The minimum Gasteiger partial charge on any atom is -0.478 e. The lowest BCUT2D eigenvalue weighted by atomic mass is 10.2. The van der Waals surface area contributed by atoms with Gasteiger partial charge in [-0.2, -0.15) is 8.42 Å². The molecule has 1 heterocycles. The summed E-state index contributed by atoms with van der Waals surface area (Å²) in [5, 5.41) is 19.6. The number of H-pyrrole nitrogens is 1. The van der Waals surface area contributed by atoms with E-state index in [9.17, 15) is 23.1 Å². The van der Waals surface area contributed by atoms with Crippen LogP contribution in [-0.4, -0.2) is 33.8 Å². The van der Waals surface area contributed by atoms with Crippen molar-refractivity contribution < 1.29 is 22.9 Å². The SMILES string of the molecule is Cc1[nH]n(-c2ccccc2)c(=O)c1N=Nc1cc(S(=O)(=O)O)ccc1C(=O)O. The van der Waals surface area contributed by atoms with E-state index in [0.29, 0.717) is 11.4 Å². The Morgan fingerprint density at radius 2 is 1.79 bits per heavy atom. The fourth-order valence-electron chi connectivity index (χ4n) is 2.45. The first-order valence-corrected chi connectivity index (χ1v) is 9.26. The van der Waals surface area contributed by atoms with E-state index >= 15 is 0 Å². The lowest BCUT2D eigenvalue weighted by Crippen LogP contribution is -2.13. The van der Waals surface area contributed by atoms with Crippen molar-refractivity contribution in [3.05, 3.63) is 70.1 Å². The van der Waals surface area contributed by atoms with Gasteiger partial charge in [0.15, 0.2) is 5.69 Å². The van der Waals surface area contributed by atoms with Crippen LogP contribution < -0.4 is 5.56 Å². The van der Waals surface area contributed by atoms with Crippen LogP contribution in [0.2, 0.25) is 0 Å². The standard InChI is InChI=1S/C17H14N4O6S/c1-10-15(16(22)21(20-10)11-5-3-2-4-6-11)19-18-14-9-12(28(25,26)27)7-8-13(14)17(23)24/h2-9,20H,1H3,(H,23,24)(H,25,26,27). The van der Waals surface area contributed by atoms with Gasteiger partial charge in [-0.3, -0.25) is 14.4 Å². The van der Waals surface area contributed by atoms with Gasteiger partial charge >= 0.3 is 5.97 Å². The molecule has 0 atom stereocenters. The van der Waals surface area contributed by atoms with Gasteiger partial charge in [0.2, 0.25) is 0 Å². The second-order valence-electron chi connectivity index (χ2n) is 5.72. The number of aromatic nitrogens is 2. The molecular formula is C17H14N4O6S. The van der Waals surface area contributed by atoms with Gasteiger partial charge in [-0.25, -0.2) is 9.48 Å². The number of para-hydroxylation sites is 1. The smallest absolute Gasteiger partial charge is 0.337 e. The summed E-state index contributed by atoms with van der Waals surface area (Å²) in [4.78, 5) is 23.4. The van der Waals surface area contributed by atoms with Crippen LogP contribution in [0.25, 0.3) is 5.69 Å². The molecule has 3 aromatic rings. The summed E-state index contributed by atoms with van der Waals surface area (Å²) < 4.78 is 33.0. The van der Waals surface area contributed by atoms with E-state index in [4.69, 9.17) is 4.55 Å². The zero-order valence-corrected chi connectivity index (χ0v) is 15.2. The highest BCUT2D eigenvalue weighted by Gasteiger charge is 2.17. The summed E-state index contributed by atoms with van der Waals surface area (Å²) in [7, 11) is -4.57. The van der Waals surface area contributed by atoms with Crippen LogP contribution >= 0.6 is 0 Å². The largest absolute Gasteiger partial charge is 0.478 e. The average Bonchev–Trinajstić information content (AvgIpc) is 2.93. The monoisotopic (exact) mass is 402 g/mol. The Balaban J connectivity index is 2.09. The quantitative estimate of drug-likeness (QED) is 0.440. The summed E-state index contributed by atoms with van der Waals surface area (Å²) in [6, 6.07) is 11.5. The number of hydrogen-bond acceptors (Lipinski definition) is 6. The third-order valence-corrected chi connectivity index (χ3v) is 4.66. The van der Waals surface area contributed by atoms with Crippen LogP contribution in [-0.2, 0) is 10.1 Å². The van der Waals surface area contributed by atoms with E-state index < -0.39 is 26.5 Å². The van der Waals surface area contributed by atoms with E-state index in [1.165, 1.54) is 4.68 Å². The first-order valence-electron chi connectivity index (χ1n) is 7.82. The molecule has 0 unspecified atom stereocenters. The number of carboxylic acids is 1. The topological polar surface area (TPSA) is 154 Å². The summed E-state index contributed by atoms with van der Waals surface area (Å²) in [6.07, 6.45) is 0. The van der Waals surface area contributed by atoms with Gasteiger partial charge in [0.05, 0.1) is 21.8 Å². The van der Waals surface area contributed by atoms with Crippen molar-refractivity contribution in [2.75, 3.05) is 0 Å². The summed E-state index contributed by atoms with van der Waals surface area (Å²) in [6.45, 7) is 1.59. The minimum absolute atomic E-state index is 0.0718. The van der Waals surface area contributed by atoms with Gasteiger partial charge in [0.1, 0.15) is 5.69 Å². The van der Waals surface area contributed by atoms with Crippen molar-refractivity contribution in [2.24, 2.45) is 10.2 Å². The molecule has 0 bridgehead atoms. The molecule has 1 aromatic heterocycles. The number of aromatic amines is 1.